The molecule has 0 radical (unpaired) electrons. The highest BCUT2D eigenvalue weighted by atomic mass is 79.9. The van der Waals surface area contributed by atoms with E-state index in [1.807, 2.05) is 0 Å². The summed E-state index contributed by atoms with van der Waals surface area (Å²) in [5.74, 6) is 0. The van der Waals surface area contributed by atoms with Crippen LogP contribution in [0, 0.1) is 0 Å². The van der Waals surface area contributed by atoms with Gasteiger partial charge in [-0.05, 0) is 52.7 Å². The highest BCUT2D eigenvalue weighted by Crippen LogP contribution is 2.35. The van der Waals surface area contributed by atoms with Crippen molar-refractivity contribution >= 4 is 27.7 Å². The summed E-state index contributed by atoms with van der Waals surface area (Å²) in [6.45, 7) is 1.66. The maximum absolute atomic E-state index is 12.5. The van der Waals surface area contributed by atoms with Crippen molar-refractivity contribution in [3.8, 4) is 0 Å². The lowest BCUT2D eigenvalue weighted by atomic mass is 10.1. The van der Waals surface area contributed by atoms with Crippen molar-refractivity contribution in [3.63, 3.8) is 0 Å². The molecule has 1 heterocycles. The van der Waals surface area contributed by atoms with Gasteiger partial charge in [0.15, 0.2) is 0 Å². The number of aromatic nitrogens is 1. The second-order valence-corrected chi connectivity index (χ2v) is 6.27. The number of hydrogen-bond acceptors (Lipinski definition) is 3. The number of aliphatic hydroxyl groups is 1. The smallest absolute Gasteiger partial charge is 0.389 e. The third kappa shape index (κ3) is 4.21. The van der Waals surface area contributed by atoms with Crippen LogP contribution >= 0.6 is 27.7 Å². The topological polar surface area (TPSA) is 33.1 Å². The minimum Gasteiger partial charge on any atom is -0.389 e. The van der Waals surface area contributed by atoms with Gasteiger partial charge in [-0.3, -0.25) is 0 Å². The molecule has 0 saturated carbocycles. The Hall–Kier alpha value is -1.05. The van der Waals surface area contributed by atoms with Crippen LogP contribution in [0.4, 0.5) is 13.2 Å². The van der Waals surface area contributed by atoms with Gasteiger partial charge in [-0.1, -0.05) is 17.8 Å². The van der Waals surface area contributed by atoms with Gasteiger partial charge >= 0.3 is 6.18 Å². The minimum atomic E-state index is -4.38. The Kier molecular flexibility index (Phi) is 4.95. The van der Waals surface area contributed by atoms with Gasteiger partial charge in [-0.2, -0.15) is 13.2 Å². The van der Waals surface area contributed by atoms with E-state index >= 15 is 0 Å². The summed E-state index contributed by atoms with van der Waals surface area (Å²) < 4.78 is 38.1. The predicted octanol–water partition coefficient (Wildman–Crippen LogP) is 5.07. The fourth-order valence-corrected chi connectivity index (χ4v) is 2.98. The number of nitrogens with zero attached hydrogens (tertiary/aromatic N) is 1. The highest BCUT2D eigenvalue weighted by molar-refractivity contribution is 9.10. The van der Waals surface area contributed by atoms with Crippen LogP contribution in [0.1, 0.15) is 24.2 Å². The second-order valence-electron chi connectivity index (χ2n) is 4.35. The van der Waals surface area contributed by atoms with Crippen LogP contribution < -0.4 is 0 Å². The third-order valence-corrected chi connectivity index (χ3v) is 4.66. The highest BCUT2D eigenvalue weighted by Gasteiger charge is 2.30. The number of benzene rings is 1. The molecule has 0 saturated heterocycles. The number of hydrogen-bond donors (Lipinski definition) is 1. The number of rotatable bonds is 3. The molecule has 112 valence electrons. The van der Waals surface area contributed by atoms with E-state index in [4.69, 9.17) is 0 Å². The zero-order valence-electron chi connectivity index (χ0n) is 10.9. The Labute approximate surface area is 132 Å². The Morgan fingerprint density at radius 2 is 1.95 bits per heavy atom. The second kappa shape index (κ2) is 6.37. The molecule has 2 rings (SSSR count). The van der Waals surface area contributed by atoms with E-state index in [1.165, 1.54) is 17.8 Å². The number of pyridine rings is 1. The Morgan fingerprint density at radius 1 is 1.24 bits per heavy atom. The summed E-state index contributed by atoms with van der Waals surface area (Å²) in [7, 11) is 0. The largest absolute Gasteiger partial charge is 0.417 e. The van der Waals surface area contributed by atoms with E-state index < -0.39 is 17.8 Å². The molecule has 0 fully saturated rings. The minimum absolute atomic E-state index is 0.466. The zero-order chi connectivity index (χ0) is 15.6. The summed E-state index contributed by atoms with van der Waals surface area (Å²) in [6, 6.07) is 7.67. The van der Waals surface area contributed by atoms with E-state index in [9.17, 15) is 18.3 Å². The van der Waals surface area contributed by atoms with Crippen LogP contribution in [0.5, 0.6) is 0 Å². The lowest BCUT2D eigenvalue weighted by Gasteiger charge is -2.09. The van der Waals surface area contributed by atoms with Crippen LogP contribution in [0.2, 0.25) is 0 Å². The molecule has 1 aromatic heterocycles. The van der Waals surface area contributed by atoms with Gasteiger partial charge in [0.05, 0.1) is 11.7 Å². The molecule has 2 nitrogen and oxygen atoms in total. The van der Waals surface area contributed by atoms with Crippen LogP contribution in [0.25, 0.3) is 0 Å². The van der Waals surface area contributed by atoms with E-state index in [-0.39, 0.29) is 0 Å². The number of aliphatic hydroxyl groups excluding tert-OH is 1. The van der Waals surface area contributed by atoms with Crippen molar-refractivity contribution in [2.75, 3.05) is 0 Å². The summed E-state index contributed by atoms with van der Waals surface area (Å²) in [5.41, 5.74) is -0.0121. The molecule has 0 aliphatic carbocycles. The van der Waals surface area contributed by atoms with Crippen LogP contribution in [0.3, 0.4) is 0 Å². The predicted molar refractivity (Wildman–Crippen MR) is 78.1 cm³/mol. The van der Waals surface area contributed by atoms with Crippen molar-refractivity contribution in [1.82, 2.24) is 4.98 Å². The Balaban J connectivity index is 2.19. The monoisotopic (exact) mass is 377 g/mol. The first kappa shape index (κ1) is 16.3. The molecular weight excluding hydrogens is 367 g/mol. The van der Waals surface area contributed by atoms with Crippen molar-refractivity contribution in [2.24, 2.45) is 0 Å². The summed E-state index contributed by atoms with van der Waals surface area (Å²) in [6.07, 6.45) is -4.14. The van der Waals surface area contributed by atoms with Gasteiger partial charge in [-0.25, -0.2) is 4.98 Å². The quantitative estimate of drug-likeness (QED) is 0.810. The summed E-state index contributed by atoms with van der Waals surface area (Å²) in [5, 5.41) is 9.96. The SMILES string of the molecule is CC(O)c1ccc(Sc2ccc(C(F)(F)F)cn2)c(Br)c1. The third-order valence-electron chi connectivity index (χ3n) is 2.72. The lowest BCUT2D eigenvalue weighted by molar-refractivity contribution is -0.137. The van der Waals surface area contributed by atoms with Gasteiger partial charge in [0.25, 0.3) is 0 Å². The normalized spacial score (nSPS) is 13.2. The molecule has 21 heavy (non-hydrogen) atoms. The summed E-state index contributed by atoms with van der Waals surface area (Å²) in [4.78, 5) is 4.62. The zero-order valence-corrected chi connectivity index (χ0v) is 13.3. The molecule has 1 N–H and O–H groups in total. The molecule has 2 aromatic rings. The van der Waals surface area contributed by atoms with Crippen molar-refractivity contribution in [3.05, 3.63) is 52.1 Å². The van der Waals surface area contributed by atoms with Crippen molar-refractivity contribution in [2.45, 2.75) is 29.1 Å². The van der Waals surface area contributed by atoms with Gasteiger partial charge in [0.2, 0.25) is 0 Å². The number of alkyl halides is 3. The molecule has 0 aliphatic heterocycles. The van der Waals surface area contributed by atoms with E-state index in [2.05, 4.69) is 20.9 Å². The molecule has 0 bridgehead atoms. The van der Waals surface area contributed by atoms with Crippen LogP contribution in [0.15, 0.2) is 50.9 Å². The van der Waals surface area contributed by atoms with E-state index in [1.54, 1.807) is 25.1 Å². The fourth-order valence-electron chi connectivity index (χ4n) is 1.58. The maximum atomic E-state index is 12.5. The average molecular weight is 378 g/mol. The lowest BCUT2D eigenvalue weighted by Crippen LogP contribution is -2.05. The first-order valence-corrected chi connectivity index (χ1v) is 7.57. The average Bonchev–Trinajstić information content (AvgIpc) is 2.40. The molecule has 0 amide bonds. The van der Waals surface area contributed by atoms with Gasteiger partial charge < -0.3 is 5.11 Å². The molecule has 0 aliphatic rings. The molecule has 1 atom stereocenters. The fraction of sp³-hybridized carbons (Fsp3) is 0.214. The van der Waals surface area contributed by atoms with Gasteiger partial charge in [0, 0.05) is 15.6 Å². The van der Waals surface area contributed by atoms with Crippen LogP contribution in [-0.4, -0.2) is 10.1 Å². The summed E-state index contributed by atoms with van der Waals surface area (Å²) >= 11 is 4.63. The first-order valence-electron chi connectivity index (χ1n) is 5.96. The van der Waals surface area contributed by atoms with Gasteiger partial charge in [-0.15, -0.1) is 0 Å². The van der Waals surface area contributed by atoms with E-state index in [0.29, 0.717) is 5.03 Å². The molecule has 1 aromatic carbocycles. The molecular formula is C14H11BrF3NOS. The maximum Gasteiger partial charge on any atom is 0.417 e. The molecule has 0 spiro atoms. The Morgan fingerprint density at radius 3 is 2.43 bits per heavy atom. The Bertz CT molecular complexity index is 629. The first-order chi connectivity index (χ1) is 9.77. The van der Waals surface area contributed by atoms with E-state index in [0.717, 1.165) is 27.2 Å². The standard InChI is InChI=1S/C14H11BrF3NOS/c1-8(20)9-2-4-12(11(15)6-9)21-13-5-3-10(7-19-13)14(16,17)18/h2-8,20H,1H3. The van der Waals surface area contributed by atoms with Crippen molar-refractivity contribution < 1.29 is 18.3 Å². The van der Waals surface area contributed by atoms with Crippen LogP contribution in [-0.2, 0) is 6.18 Å². The molecule has 1 unspecified atom stereocenters. The molecule has 7 heteroatoms. The van der Waals surface area contributed by atoms with Gasteiger partial charge in [0.1, 0.15) is 5.03 Å². The van der Waals surface area contributed by atoms with Crippen molar-refractivity contribution in [1.29, 1.82) is 0 Å². The number of halogens is 4.